The third kappa shape index (κ3) is 19.8. The Bertz CT molecular complexity index is 2380. The third-order valence-corrected chi connectivity index (χ3v) is 11.7. The Balaban J connectivity index is 1.28. The molecule has 19 nitrogen and oxygen atoms in total. The normalized spacial score (nSPS) is 12.8. The van der Waals surface area contributed by atoms with E-state index in [1.54, 1.807) is 60.8 Å². The van der Waals surface area contributed by atoms with E-state index < -0.39 is 41.9 Å². The molecule has 2 heterocycles. The number of fused-ring (bicyclic) bond motifs is 1. The first-order chi connectivity index (χ1) is 34.5. The summed E-state index contributed by atoms with van der Waals surface area (Å²) in [5, 5.41) is 16.5. The van der Waals surface area contributed by atoms with E-state index in [1.165, 1.54) is 6.20 Å². The first-order valence-corrected chi connectivity index (χ1v) is 25.1. The summed E-state index contributed by atoms with van der Waals surface area (Å²) in [6.07, 6.45) is 11.8. The van der Waals surface area contributed by atoms with E-state index in [1.807, 2.05) is 32.6 Å². The number of carbonyl (C=O) groups excluding carboxylic acids is 7. The summed E-state index contributed by atoms with van der Waals surface area (Å²) >= 11 is 0. The standard InChI is InChI=1S/C53H75N11O8/c1-7-24-64(25-8-2)51(69)40-27-38-19-20-39(28-44(38)61-45(54)29-40)48(66)60-42-26-37(30-56-32-42)31-58-53(71)72-33-36-17-21-41(22-18-36)59-49(67)43(15-13-23-57-52(55)70)62-50(68)47(35(5)6)63-46(65)16-12-10-9-11-14-34(3)4/h17-22,26-28,30,32,34-35,43,47H,7-16,23-25,29,31,33H2,1-6H3,(H2,54,61)(H,58,71)(H,59,67)(H,60,66)(H,62,68)(H,63,65)(H3,55,57,70). The second-order valence-electron chi connectivity index (χ2n) is 18.8. The Labute approximate surface area is 423 Å². The van der Waals surface area contributed by atoms with Gasteiger partial charge in [-0.3, -0.25) is 29.0 Å². The number of urea groups is 1. The van der Waals surface area contributed by atoms with E-state index in [-0.39, 0.29) is 56.1 Å². The van der Waals surface area contributed by atoms with Gasteiger partial charge in [-0.25, -0.2) is 14.6 Å². The van der Waals surface area contributed by atoms with Crippen molar-refractivity contribution >= 4 is 70.6 Å². The number of benzene rings is 2. The first kappa shape index (κ1) is 57.3. The third-order valence-electron chi connectivity index (χ3n) is 11.7. The predicted octanol–water partition coefficient (Wildman–Crippen LogP) is 7.19. The molecule has 0 spiro atoms. The van der Waals surface area contributed by atoms with Gasteiger partial charge < -0.3 is 53.0 Å². The lowest BCUT2D eigenvalue weighted by Crippen LogP contribution is -2.54. The molecule has 2 unspecified atom stereocenters. The number of hydrogen-bond acceptors (Lipinski definition) is 11. The highest BCUT2D eigenvalue weighted by Crippen LogP contribution is 2.29. The minimum Gasteiger partial charge on any atom is -0.445 e. The lowest BCUT2D eigenvalue weighted by atomic mass is 10.0. The van der Waals surface area contributed by atoms with Gasteiger partial charge in [0, 0.05) is 67.6 Å². The Kier molecular flexibility index (Phi) is 23.7. The van der Waals surface area contributed by atoms with Crippen molar-refractivity contribution in [3.63, 3.8) is 0 Å². The van der Waals surface area contributed by atoms with Crippen LogP contribution in [0.4, 0.5) is 26.7 Å². The number of amides is 8. The number of pyridine rings is 1. The van der Waals surface area contributed by atoms with Crippen molar-refractivity contribution in [1.82, 2.24) is 31.2 Å². The molecule has 2 atom stereocenters. The molecular formula is C53H75N11O8. The van der Waals surface area contributed by atoms with Gasteiger partial charge >= 0.3 is 12.1 Å². The molecule has 2 aromatic carbocycles. The van der Waals surface area contributed by atoms with Crippen LogP contribution in [0.3, 0.4) is 0 Å². The summed E-state index contributed by atoms with van der Waals surface area (Å²) < 4.78 is 5.42. The quantitative estimate of drug-likeness (QED) is 0.0339. The molecule has 0 radical (unpaired) electrons. The van der Waals surface area contributed by atoms with Crippen molar-refractivity contribution in [1.29, 1.82) is 0 Å². The summed E-state index contributed by atoms with van der Waals surface area (Å²) in [5.74, 6) is -1.06. The molecule has 4 rings (SSSR count). The SMILES string of the molecule is CCCN(CCC)C(=O)C1=Cc2ccc(C(=O)Nc3cncc(CNC(=O)OCc4ccc(NC(=O)C(CCCNC(N)=O)NC(=O)C(NC(=O)CCCCCCC(C)C)C(C)C)cc4)c3)cc2N=C(N)C1. The fraction of sp³-hybridized carbons (Fsp3) is 0.491. The van der Waals surface area contributed by atoms with Crippen LogP contribution >= 0.6 is 0 Å². The van der Waals surface area contributed by atoms with Gasteiger partial charge in [0.15, 0.2) is 0 Å². The molecule has 0 saturated heterocycles. The van der Waals surface area contributed by atoms with E-state index in [2.05, 4.69) is 55.7 Å². The molecular weight excluding hydrogens is 919 g/mol. The molecule has 1 aliphatic rings. The zero-order chi connectivity index (χ0) is 52.6. The van der Waals surface area contributed by atoms with Crippen molar-refractivity contribution < 1.29 is 38.3 Å². The maximum absolute atomic E-state index is 13.6. The Morgan fingerprint density at radius 3 is 2.17 bits per heavy atom. The van der Waals surface area contributed by atoms with E-state index >= 15 is 0 Å². The second kappa shape index (κ2) is 29.8. The van der Waals surface area contributed by atoms with Crippen LogP contribution in [-0.2, 0) is 37.1 Å². The number of hydrogen-bond donors (Lipinski definition) is 8. The lowest BCUT2D eigenvalue weighted by molar-refractivity contribution is -0.132. The zero-order valence-electron chi connectivity index (χ0n) is 42.7. The number of nitrogens with zero attached hydrogens (tertiary/aromatic N) is 3. The average molecular weight is 994 g/mol. The average Bonchev–Trinajstić information content (AvgIpc) is 3.51. The van der Waals surface area contributed by atoms with Gasteiger partial charge in [0.25, 0.3) is 5.91 Å². The Morgan fingerprint density at radius 1 is 0.764 bits per heavy atom. The summed E-state index contributed by atoms with van der Waals surface area (Å²) in [7, 11) is 0. The Morgan fingerprint density at radius 2 is 1.49 bits per heavy atom. The van der Waals surface area contributed by atoms with Gasteiger partial charge in [-0.05, 0) is 91.5 Å². The molecule has 8 amide bonds. The molecule has 1 aromatic heterocycles. The van der Waals surface area contributed by atoms with Crippen LogP contribution in [0, 0.1) is 11.8 Å². The molecule has 390 valence electrons. The minimum absolute atomic E-state index is 0.0495. The first-order valence-electron chi connectivity index (χ1n) is 25.1. The number of rotatable bonds is 28. The van der Waals surface area contributed by atoms with Crippen molar-refractivity contribution in [2.45, 2.75) is 137 Å². The van der Waals surface area contributed by atoms with E-state index in [4.69, 9.17) is 16.2 Å². The summed E-state index contributed by atoms with van der Waals surface area (Å²) in [6, 6.07) is 10.7. The number of nitrogens with two attached hydrogens (primary N) is 2. The number of nitrogens with one attached hydrogen (secondary N) is 6. The Hall–Kier alpha value is -7.31. The number of alkyl carbamates (subject to hydrolysis) is 1. The van der Waals surface area contributed by atoms with Gasteiger partial charge in [-0.15, -0.1) is 0 Å². The van der Waals surface area contributed by atoms with Crippen LogP contribution in [-0.4, -0.2) is 89.1 Å². The van der Waals surface area contributed by atoms with E-state index in [0.717, 1.165) is 44.9 Å². The lowest BCUT2D eigenvalue weighted by Gasteiger charge is -2.25. The molecule has 10 N–H and O–H groups in total. The predicted molar refractivity (Wildman–Crippen MR) is 280 cm³/mol. The fourth-order valence-corrected chi connectivity index (χ4v) is 7.89. The monoisotopic (exact) mass is 994 g/mol. The molecule has 3 aromatic rings. The number of aliphatic imine (C=N–C) groups is 1. The number of primary amides is 1. The summed E-state index contributed by atoms with van der Waals surface area (Å²) in [4.78, 5) is 101. The van der Waals surface area contributed by atoms with Crippen LogP contribution in [0.2, 0.25) is 0 Å². The number of aromatic nitrogens is 1. The van der Waals surface area contributed by atoms with Crippen molar-refractivity contribution in [2.24, 2.45) is 28.3 Å². The van der Waals surface area contributed by atoms with Gasteiger partial charge in [-0.1, -0.05) is 85.4 Å². The number of carbonyl (C=O) groups is 7. The number of anilines is 2. The molecule has 0 saturated carbocycles. The van der Waals surface area contributed by atoms with Crippen molar-refractivity contribution in [3.05, 3.63) is 88.8 Å². The van der Waals surface area contributed by atoms with Gasteiger partial charge in [0.2, 0.25) is 23.6 Å². The topological polar surface area (TPSA) is 281 Å². The maximum atomic E-state index is 13.6. The van der Waals surface area contributed by atoms with Crippen LogP contribution in [0.5, 0.6) is 0 Å². The molecule has 0 fully saturated rings. The summed E-state index contributed by atoms with van der Waals surface area (Å²) in [5.41, 5.74) is 15.5. The maximum Gasteiger partial charge on any atom is 0.407 e. The fourth-order valence-electron chi connectivity index (χ4n) is 7.89. The van der Waals surface area contributed by atoms with Gasteiger partial charge in [0.05, 0.1) is 17.6 Å². The van der Waals surface area contributed by atoms with Gasteiger partial charge in [-0.2, -0.15) is 0 Å². The van der Waals surface area contributed by atoms with Crippen LogP contribution in [0.25, 0.3) is 6.08 Å². The molecule has 1 aliphatic heterocycles. The largest absolute Gasteiger partial charge is 0.445 e. The van der Waals surface area contributed by atoms with Crippen LogP contribution in [0.15, 0.2) is 71.5 Å². The number of unbranched alkanes of at least 4 members (excludes halogenated alkanes) is 3. The molecule has 19 heteroatoms. The zero-order valence-corrected chi connectivity index (χ0v) is 42.7. The smallest absolute Gasteiger partial charge is 0.407 e. The second-order valence-corrected chi connectivity index (χ2v) is 18.8. The van der Waals surface area contributed by atoms with Crippen LogP contribution in [0.1, 0.15) is 139 Å². The van der Waals surface area contributed by atoms with Crippen LogP contribution < -0.4 is 43.4 Å². The highest BCUT2D eigenvalue weighted by molar-refractivity contribution is 6.08. The van der Waals surface area contributed by atoms with Crippen molar-refractivity contribution in [3.8, 4) is 0 Å². The van der Waals surface area contributed by atoms with Crippen molar-refractivity contribution in [2.75, 3.05) is 30.3 Å². The molecule has 0 aliphatic carbocycles. The minimum atomic E-state index is -1.00. The van der Waals surface area contributed by atoms with E-state index in [9.17, 15) is 33.6 Å². The number of amidine groups is 1. The highest BCUT2D eigenvalue weighted by Gasteiger charge is 2.29. The highest BCUT2D eigenvalue weighted by atomic mass is 16.5. The summed E-state index contributed by atoms with van der Waals surface area (Å²) in [6.45, 7) is 13.5. The number of ether oxygens (including phenoxy) is 1. The molecule has 72 heavy (non-hydrogen) atoms. The molecule has 0 bridgehead atoms. The van der Waals surface area contributed by atoms with E-state index in [0.29, 0.717) is 76.7 Å². The van der Waals surface area contributed by atoms with Gasteiger partial charge in [0.1, 0.15) is 24.5 Å².